The van der Waals surface area contributed by atoms with Crippen LogP contribution in [0, 0.1) is 0 Å². The first-order valence-corrected chi connectivity index (χ1v) is 12.0. The number of nitrogens with zero attached hydrogens (tertiary/aromatic N) is 3. The normalized spacial score (nSPS) is 18.4. The molecule has 2 rings (SSSR count). The number of hydrogen-bond donors (Lipinski definition) is 2. The third kappa shape index (κ3) is 6.82. The number of nitrogens with two attached hydrogens (primary N) is 1. The minimum absolute atomic E-state index is 0. The molecule has 1 fully saturated rings. The summed E-state index contributed by atoms with van der Waals surface area (Å²) in [6.07, 6.45) is 3.14. The van der Waals surface area contributed by atoms with Crippen LogP contribution in [0.25, 0.3) is 0 Å². The molecule has 0 amide bonds. The topological polar surface area (TPSA) is 91.0 Å². The Bertz CT molecular complexity index is 719. The predicted molar refractivity (Wildman–Crippen MR) is 128 cm³/mol. The maximum absolute atomic E-state index is 12.5. The van der Waals surface area contributed by atoms with E-state index in [4.69, 9.17) is 5.73 Å². The van der Waals surface area contributed by atoms with E-state index >= 15 is 0 Å². The molecule has 0 bridgehead atoms. The van der Waals surface area contributed by atoms with Gasteiger partial charge in [0.25, 0.3) is 10.0 Å². The molecule has 0 saturated carbocycles. The average Bonchev–Trinajstić information content (AvgIpc) is 3.30. The van der Waals surface area contributed by atoms with E-state index in [0.29, 0.717) is 35.8 Å². The minimum Gasteiger partial charge on any atom is -0.370 e. The minimum atomic E-state index is -3.37. The van der Waals surface area contributed by atoms with Gasteiger partial charge in [0.1, 0.15) is 4.21 Å². The number of nitrogens with one attached hydrogen (secondary N) is 1. The first-order chi connectivity index (χ1) is 12.9. The first-order valence-electron chi connectivity index (χ1n) is 9.79. The lowest BCUT2D eigenvalue weighted by Gasteiger charge is -2.20. The van der Waals surface area contributed by atoms with E-state index in [0.717, 1.165) is 30.9 Å². The van der Waals surface area contributed by atoms with Gasteiger partial charge in [-0.15, -0.1) is 35.3 Å². The standard InChI is InChI=1S/C18H33N5O2S2.HI/c1-4-22-13-7-8-15(22)14-21-18(19)20-12-11-16-9-10-17(26-16)27(24,25)23(5-2)6-3;/h9-10,15H,4-8,11-14H2,1-3H3,(H3,19,20,21);1H. The van der Waals surface area contributed by atoms with Gasteiger partial charge in [-0.3, -0.25) is 9.89 Å². The summed E-state index contributed by atoms with van der Waals surface area (Å²) in [4.78, 5) is 7.93. The molecule has 162 valence electrons. The highest BCUT2D eigenvalue weighted by Gasteiger charge is 2.24. The number of aliphatic imine (C=N–C) groups is 1. The van der Waals surface area contributed by atoms with Crippen LogP contribution in [0.1, 0.15) is 38.5 Å². The summed E-state index contributed by atoms with van der Waals surface area (Å²) in [5, 5.41) is 3.14. The second-order valence-electron chi connectivity index (χ2n) is 6.64. The van der Waals surface area contributed by atoms with Crippen molar-refractivity contribution in [3.8, 4) is 0 Å². The van der Waals surface area contributed by atoms with Crippen LogP contribution < -0.4 is 11.1 Å². The number of likely N-dealkylation sites (tertiary alicyclic amines) is 1. The van der Waals surface area contributed by atoms with Crippen LogP contribution in [0.5, 0.6) is 0 Å². The first kappa shape index (κ1) is 25.6. The van der Waals surface area contributed by atoms with Crippen LogP contribution in [0.4, 0.5) is 0 Å². The van der Waals surface area contributed by atoms with E-state index in [9.17, 15) is 8.42 Å². The molecule has 1 saturated heterocycles. The summed E-state index contributed by atoms with van der Waals surface area (Å²) in [5.74, 6) is 0.463. The Kier molecular flexibility index (Phi) is 11.3. The lowest BCUT2D eigenvalue weighted by atomic mass is 10.2. The Labute approximate surface area is 190 Å². The Morgan fingerprint density at radius 3 is 2.71 bits per heavy atom. The third-order valence-electron chi connectivity index (χ3n) is 4.99. The molecular weight excluding hydrogens is 509 g/mol. The molecule has 0 spiro atoms. The third-order valence-corrected chi connectivity index (χ3v) is 8.65. The van der Waals surface area contributed by atoms with Crippen LogP contribution in [0.2, 0.25) is 0 Å². The summed E-state index contributed by atoms with van der Waals surface area (Å²) in [6, 6.07) is 4.08. The summed E-state index contributed by atoms with van der Waals surface area (Å²) in [5.41, 5.74) is 5.97. The zero-order valence-corrected chi connectivity index (χ0v) is 21.0. The Balaban J connectivity index is 0.00000392. The second kappa shape index (κ2) is 12.3. The molecule has 0 aliphatic carbocycles. The van der Waals surface area contributed by atoms with Gasteiger partial charge in [0.2, 0.25) is 0 Å². The maximum atomic E-state index is 12.5. The van der Waals surface area contributed by atoms with Gasteiger partial charge >= 0.3 is 0 Å². The number of guanidine groups is 1. The van der Waals surface area contributed by atoms with E-state index in [1.807, 2.05) is 19.9 Å². The molecule has 1 aliphatic heterocycles. The molecule has 3 N–H and O–H groups in total. The van der Waals surface area contributed by atoms with Gasteiger partial charge in [-0.05, 0) is 44.5 Å². The molecular formula is C18H34IN5O2S2. The SMILES string of the molecule is CCN1CCCC1CN=C(N)NCCc1ccc(S(=O)(=O)N(CC)CC)s1.I. The number of rotatable bonds is 10. The lowest BCUT2D eigenvalue weighted by Crippen LogP contribution is -2.36. The van der Waals surface area contributed by atoms with Crippen LogP contribution in [0.3, 0.4) is 0 Å². The highest BCUT2D eigenvalue weighted by molar-refractivity contribution is 14.0. The van der Waals surface area contributed by atoms with Crippen LogP contribution in [0.15, 0.2) is 21.3 Å². The molecule has 1 aromatic heterocycles. The number of hydrogen-bond acceptors (Lipinski definition) is 5. The number of sulfonamides is 1. The maximum Gasteiger partial charge on any atom is 0.252 e. The summed E-state index contributed by atoms with van der Waals surface area (Å²) < 4.78 is 26.9. The fraction of sp³-hybridized carbons (Fsp3) is 0.722. The number of halogens is 1. The van der Waals surface area contributed by atoms with Gasteiger partial charge in [-0.1, -0.05) is 20.8 Å². The van der Waals surface area contributed by atoms with Crippen molar-refractivity contribution in [2.75, 3.05) is 39.3 Å². The Hall–Kier alpha value is -0.430. The van der Waals surface area contributed by atoms with Crippen molar-refractivity contribution < 1.29 is 8.42 Å². The van der Waals surface area contributed by atoms with Crippen molar-refractivity contribution >= 4 is 51.3 Å². The fourth-order valence-corrected chi connectivity index (χ4v) is 6.38. The van der Waals surface area contributed by atoms with Crippen molar-refractivity contribution in [1.82, 2.24) is 14.5 Å². The van der Waals surface area contributed by atoms with E-state index in [1.165, 1.54) is 28.5 Å². The zero-order valence-electron chi connectivity index (χ0n) is 17.1. The Morgan fingerprint density at radius 1 is 1.36 bits per heavy atom. The lowest BCUT2D eigenvalue weighted by molar-refractivity contribution is 0.273. The van der Waals surface area contributed by atoms with Gasteiger partial charge in [0.05, 0.1) is 6.54 Å². The molecule has 0 aromatic carbocycles. The summed E-state index contributed by atoms with van der Waals surface area (Å²) in [6.45, 7) is 10.4. The summed E-state index contributed by atoms with van der Waals surface area (Å²) >= 11 is 1.33. The molecule has 7 nitrogen and oxygen atoms in total. The van der Waals surface area contributed by atoms with Crippen molar-refractivity contribution in [3.05, 3.63) is 17.0 Å². The van der Waals surface area contributed by atoms with Crippen LogP contribution in [-0.4, -0.2) is 68.9 Å². The van der Waals surface area contributed by atoms with Crippen LogP contribution in [-0.2, 0) is 16.4 Å². The number of thiophene rings is 1. The molecule has 1 aliphatic rings. The molecule has 0 radical (unpaired) electrons. The van der Waals surface area contributed by atoms with Gasteiger partial charge in [0, 0.05) is 30.6 Å². The van der Waals surface area contributed by atoms with Gasteiger partial charge in [-0.2, -0.15) is 4.31 Å². The highest BCUT2D eigenvalue weighted by atomic mass is 127. The van der Waals surface area contributed by atoms with Gasteiger partial charge in [0.15, 0.2) is 5.96 Å². The van der Waals surface area contributed by atoms with Crippen LogP contribution >= 0.6 is 35.3 Å². The largest absolute Gasteiger partial charge is 0.370 e. The van der Waals surface area contributed by atoms with Crippen molar-refractivity contribution in [2.24, 2.45) is 10.7 Å². The van der Waals surface area contributed by atoms with Crippen molar-refractivity contribution in [1.29, 1.82) is 0 Å². The number of likely N-dealkylation sites (N-methyl/N-ethyl adjacent to an activating group) is 1. The Morgan fingerprint density at radius 2 is 2.07 bits per heavy atom. The monoisotopic (exact) mass is 543 g/mol. The van der Waals surface area contributed by atoms with E-state index < -0.39 is 10.0 Å². The predicted octanol–water partition coefficient (Wildman–Crippen LogP) is 2.33. The smallest absolute Gasteiger partial charge is 0.252 e. The molecule has 28 heavy (non-hydrogen) atoms. The molecule has 1 aromatic rings. The van der Waals surface area contributed by atoms with Gasteiger partial charge < -0.3 is 11.1 Å². The molecule has 1 atom stereocenters. The molecule has 1 unspecified atom stereocenters. The molecule has 10 heteroatoms. The highest BCUT2D eigenvalue weighted by Crippen LogP contribution is 2.25. The van der Waals surface area contributed by atoms with Gasteiger partial charge in [-0.25, -0.2) is 8.42 Å². The van der Waals surface area contributed by atoms with Crippen molar-refractivity contribution in [2.45, 2.75) is 50.3 Å². The van der Waals surface area contributed by atoms with E-state index in [-0.39, 0.29) is 24.0 Å². The average molecular weight is 544 g/mol. The quantitative estimate of drug-likeness (QED) is 0.269. The zero-order chi connectivity index (χ0) is 19.9. The van der Waals surface area contributed by atoms with E-state index in [1.54, 1.807) is 6.07 Å². The van der Waals surface area contributed by atoms with Crippen molar-refractivity contribution in [3.63, 3.8) is 0 Å². The summed E-state index contributed by atoms with van der Waals surface area (Å²) in [7, 11) is -3.37. The molecule has 2 heterocycles. The fourth-order valence-electron chi connectivity index (χ4n) is 3.41. The second-order valence-corrected chi connectivity index (χ2v) is 9.97. The van der Waals surface area contributed by atoms with E-state index in [2.05, 4.69) is 22.1 Å².